The van der Waals surface area contributed by atoms with Crippen molar-refractivity contribution in [2.24, 2.45) is 0 Å². The molecular weight excluding hydrogens is 196 g/mol. The number of aromatic nitrogens is 2. The van der Waals surface area contributed by atoms with Gasteiger partial charge in [0.1, 0.15) is 5.65 Å². The third-order valence-corrected chi connectivity index (χ3v) is 2.04. The van der Waals surface area contributed by atoms with Crippen molar-refractivity contribution < 1.29 is 0 Å². The van der Waals surface area contributed by atoms with Gasteiger partial charge in [0.15, 0.2) is 0 Å². The van der Waals surface area contributed by atoms with Gasteiger partial charge >= 0.3 is 0 Å². The molecule has 2 rings (SSSR count). The van der Waals surface area contributed by atoms with Gasteiger partial charge in [-0.3, -0.25) is 0 Å². The number of imidazole rings is 1. The molecule has 2 aromatic heterocycles. The number of hydrogen-bond donors (Lipinski definition) is 0. The molecule has 0 aliphatic carbocycles. The van der Waals surface area contributed by atoms with Crippen LogP contribution in [0.5, 0.6) is 0 Å². The van der Waals surface area contributed by atoms with Crippen molar-refractivity contribution in [3.05, 3.63) is 36.3 Å². The highest BCUT2D eigenvalue weighted by Gasteiger charge is 1.89. The molecule has 16 heavy (non-hydrogen) atoms. The van der Waals surface area contributed by atoms with Crippen LogP contribution in [0, 0.1) is 6.92 Å². The van der Waals surface area contributed by atoms with Crippen LogP contribution in [0.1, 0.15) is 46.1 Å². The summed E-state index contributed by atoms with van der Waals surface area (Å²) >= 11 is 0. The average molecular weight is 220 g/mol. The largest absolute Gasteiger partial charge is 0.307 e. The predicted octanol–water partition coefficient (Wildman–Crippen LogP) is 4.48. The lowest BCUT2D eigenvalue weighted by atomic mass is 10.3. The highest BCUT2D eigenvalue weighted by Crippen LogP contribution is 2.02. The van der Waals surface area contributed by atoms with Crippen molar-refractivity contribution in [1.29, 1.82) is 0 Å². The lowest BCUT2D eigenvalue weighted by molar-refractivity contribution is 0.886. The monoisotopic (exact) mass is 220 g/mol. The molecule has 0 aliphatic rings. The Bertz CT molecular complexity index is 375. The number of nitrogens with zero attached hydrogens (tertiary/aromatic N) is 2. The molecule has 0 spiro atoms. The molecule has 0 aliphatic heterocycles. The normalized spacial score (nSPS) is 8.81. The number of pyridine rings is 1. The van der Waals surface area contributed by atoms with Crippen molar-refractivity contribution in [3.63, 3.8) is 0 Å². The summed E-state index contributed by atoms with van der Waals surface area (Å²) in [6.45, 7) is 10.4. The minimum atomic E-state index is 1.01. The zero-order valence-electron chi connectivity index (χ0n) is 11.2. The fourth-order valence-electron chi connectivity index (χ4n) is 1.03. The molecule has 0 fully saturated rings. The minimum Gasteiger partial charge on any atom is -0.307 e. The van der Waals surface area contributed by atoms with Crippen molar-refractivity contribution >= 4 is 5.65 Å². The maximum atomic E-state index is 4.12. The zero-order valence-corrected chi connectivity index (χ0v) is 11.2. The molecule has 0 atom stereocenters. The molecule has 0 bridgehead atoms. The Morgan fingerprint density at radius 3 is 2.31 bits per heavy atom. The third kappa shape index (κ3) is 4.96. The van der Waals surface area contributed by atoms with E-state index in [4.69, 9.17) is 0 Å². The Hall–Kier alpha value is -1.31. The molecule has 2 heteroatoms. The van der Waals surface area contributed by atoms with Gasteiger partial charge in [0.2, 0.25) is 0 Å². The van der Waals surface area contributed by atoms with Crippen molar-refractivity contribution in [2.75, 3.05) is 0 Å². The molecule has 0 amide bonds. The second kappa shape index (κ2) is 8.96. The van der Waals surface area contributed by atoms with Gasteiger partial charge in [0.05, 0.1) is 0 Å². The standard InChI is InChI=1S/C8H8N2.C4H10.C2H6/c1-7-2-3-8-9-4-5-10(8)6-7;1-3-4-2;1-2/h2-6H,1H3;3-4H2,1-2H3;1-2H3. The van der Waals surface area contributed by atoms with Crippen molar-refractivity contribution in [2.45, 2.75) is 47.5 Å². The average Bonchev–Trinajstić information content (AvgIpc) is 2.79. The van der Waals surface area contributed by atoms with Crippen LogP contribution >= 0.6 is 0 Å². The summed E-state index contributed by atoms with van der Waals surface area (Å²) in [5.74, 6) is 0. The summed E-state index contributed by atoms with van der Waals surface area (Å²) in [4.78, 5) is 4.12. The summed E-state index contributed by atoms with van der Waals surface area (Å²) in [6.07, 6.45) is 8.44. The van der Waals surface area contributed by atoms with E-state index in [1.54, 1.807) is 6.20 Å². The van der Waals surface area contributed by atoms with Crippen LogP contribution in [0.2, 0.25) is 0 Å². The van der Waals surface area contributed by atoms with Crippen LogP contribution in [-0.4, -0.2) is 9.38 Å². The van der Waals surface area contributed by atoms with Gasteiger partial charge in [-0.1, -0.05) is 46.6 Å². The maximum Gasteiger partial charge on any atom is 0.136 e. The smallest absolute Gasteiger partial charge is 0.136 e. The Balaban J connectivity index is 0.000000323. The van der Waals surface area contributed by atoms with E-state index in [2.05, 4.69) is 38.0 Å². The number of rotatable bonds is 1. The predicted molar refractivity (Wildman–Crippen MR) is 71.9 cm³/mol. The molecule has 0 N–H and O–H groups in total. The van der Waals surface area contributed by atoms with Crippen molar-refractivity contribution in [3.8, 4) is 0 Å². The summed E-state index contributed by atoms with van der Waals surface area (Å²) in [6, 6.07) is 4.07. The van der Waals surface area contributed by atoms with E-state index in [0.717, 1.165) is 5.65 Å². The maximum absolute atomic E-state index is 4.12. The van der Waals surface area contributed by atoms with Gasteiger partial charge in [-0.25, -0.2) is 4.98 Å². The summed E-state index contributed by atoms with van der Waals surface area (Å²) in [5, 5.41) is 0. The van der Waals surface area contributed by atoms with Gasteiger partial charge in [-0.05, 0) is 18.6 Å². The first kappa shape index (κ1) is 14.7. The van der Waals surface area contributed by atoms with Crippen LogP contribution in [0.25, 0.3) is 5.65 Å². The lowest BCUT2D eigenvalue weighted by Gasteiger charge is -1.93. The van der Waals surface area contributed by atoms with E-state index in [9.17, 15) is 0 Å². The van der Waals surface area contributed by atoms with Crippen LogP contribution in [-0.2, 0) is 0 Å². The highest BCUT2D eigenvalue weighted by molar-refractivity contribution is 5.38. The van der Waals surface area contributed by atoms with Gasteiger partial charge in [0, 0.05) is 18.6 Å². The number of fused-ring (bicyclic) bond motifs is 1. The van der Waals surface area contributed by atoms with Crippen molar-refractivity contribution in [1.82, 2.24) is 9.38 Å². The Morgan fingerprint density at radius 1 is 1.12 bits per heavy atom. The van der Waals surface area contributed by atoms with Gasteiger partial charge in [-0.15, -0.1) is 0 Å². The van der Waals surface area contributed by atoms with Crippen LogP contribution in [0.15, 0.2) is 30.7 Å². The molecule has 2 aromatic rings. The molecule has 0 radical (unpaired) electrons. The van der Waals surface area contributed by atoms with E-state index < -0.39 is 0 Å². The molecule has 2 nitrogen and oxygen atoms in total. The van der Waals surface area contributed by atoms with Gasteiger partial charge in [-0.2, -0.15) is 0 Å². The number of hydrogen-bond acceptors (Lipinski definition) is 1. The first-order valence-electron chi connectivity index (χ1n) is 6.17. The fraction of sp³-hybridized carbons (Fsp3) is 0.500. The van der Waals surface area contributed by atoms with E-state index in [1.807, 2.05) is 30.5 Å². The fourth-order valence-corrected chi connectivity index (χ4v) is 1.03. The molecule has 0 saturated carbocycles. The molecule has 2 heterocycles. The molecule has 0 saturated heterocycles. The van der Waals surface area contributed by atoms with E-state index >= 15 is 0 Å². The van der Waals surface area contributed by atoms with Gasteiger partial charge in [0.25, 0.3) is 0 Å². The topological polar surface area (TPSA) is 17.3 Å². The van der Waals surface area contributed by atoms with Crippen LogP contribution < -0.4 is 0 Å². The molecule has 90 valence electrons. The first-order chi connectivity index (χ1) is 7.77. The molecule has 0 aromatic carbocycles. The Kier molecular flexibility index (Phi) is 8.22. The number of unbranched alkanes of at least 4 members (excludes halogenated alkanes) is 1. The summed E-state index contributed by atoms with van der Waals surface area (Å²) in [5.41, 5.74) is 2.26. The second-order valence-electron chi connectivity index (χ2n) is 3.40. The molecule has 0 unspecified atom stereocenters. The quantitative estimate of drug-likeness (QED) is 0.693. The minimum absolute atomic E-state index is 1.01. The highest BCUT2D eigenvalue weighted by atomic mass is 15.0. The lowest BCUT2D eigenvalue weighted by Crippen LogP contribution is -1.82. The van der Waals surface area contributed by atoms with Crippen LogP contribution in [0.4, 0.5) is 0 Å². The first-order valence-corrected chi connectivity index (χ1v) is 6.17. The second-order valence-corrected chi connectivity index (χ2v) is 3.40. The van der Waals surface area contributed by atoms with E-state index in [0.29, 0.717) is 0 Å². The van der Waals surface area contributed by atoms with Gasteiger partial charge < -0.3 is 4.40 Å². The third-order valence-electron chi connectivity index (χ3n) is 2.04. The zero-order chi connectivity index (χ0) is 12.4. The summed E-state index contributed by atoms with van der Waals surface area (Å²) in [7, 11) is 0. The molecular formula is C14H24N2. The van der Waals surface area contributed by atoms with Crippen LogP contribution in [0.3, 0.4) is 0 Å². The van der Waals surface area contributed by atoms with E-state index in [-0.39, 0.29) is 0 Å². The summed E-state index contributed by atoms with van der Waals surface area (Å²) < 4.78 is 2.01. The Morgan fingerprint density at radius 2 is 1.75 bits per heavy atom. The Labute approximate surface area is 99.3 Å². The van der Waals surface area contributed by atoms with E-state index in [1.165, 1.54) is 18.4 Å². The number of aryl methyl sites for hydroxylation is 1. The SMILES string of the molecule is CC.CCCC.Cc1ccc2nccn2c1.